The van der Waals surface area contributed by atoms with Gasteiger partial charge in [-0.2, -0.15) is 0 Å². The highest BCUT2D eigenvalue weighted by Gasteiger charge is 2.32. The monoisotopic (exact) mass is 464 g/mol. The highest BCUT2D eigenvalue weighted by Crippen LogP contribution is 2.34. The number of anilines is 1. The molecule has 2 heterocycles. The summed E-state index contributed by atoms with van der Waals surface area (Å²) in [5.74, 6) is -0.683. The molecule has 3 aromatic rings. The summed E-state index contributed by atoms with van der Waals surface area (Å²) in [4.78, 5) is 16.9. The number of piperazine rings is 1. The van der Waals surface area contributed by atoms with Crippen LogP contribution in [0.1, 0.15) is 27.9 Å². The van der Waals surface area contributed by atoms with Gasteiger partial charge in [-0.05, 0) is 65.4 Å². The van der Waals surface area contributed by atoms with Crippen molar-refractivity contribution in [3.8, 4) is 11.1 Å². The van der Waals surface area contributed by atoms with Crippen LogP contribution in [0.4, 0.5) is 10.1 Å². The second kappa shape index (κ2) is 9.16. The van der Waals surface area contributed by atoms with E-state index in [0.717, 1.165) is 50.1 Å². The van der Waals surface area contributed by atoms with Crippen molar-refractivity contribution < 1.29 is 13.9 Å². The maximum atomic E-state index is 14.1. The summed E-state index contributed by atoms with van der Waals surface area (Å²) in [6.07, 6.45) is 2.01. The molecule has 2 aliphatic heterocycles. The molecular weight excluding hydrogens is 439 g/mol. The number of aryl methyl sites for hydroxylation is 1. The van der Waals surface area contributed by atoms with Gasteiger partial charge in [-0.25, -0.2) is 9.18 Å². The molecular formula is C27H26ClFN2O2. The van der Waals surface area contributed by atoms with E-state index in [1.807, 2.05) is 36.4 Å². The highest BCUT2D eigenvalue weighted by atomic mass is 35.5. The molecule has 33 heavy (non-hydrogen) atoms. The zero-order valence-corrected chi connectivity index (χ0v) is 19.3. The van der Waals surface area contributed by atoms with E-state index in [4.69, 9.17) is 16.3 Å². The summed E-state index contributed by atoms with van der Waals surface area (Å²) in [5, 5.41) is 0.142. The fourth-order valence-electron chi connectivity index (χ4n) is 5.10. The lowest BCUT2D eigenvalue weighted by molar-refractivity contribution is 0.0600. The van der Waals surface area contributed by atoms with Gasteiger partial charge in [-0.3, -0.25) is 4.90 Å². The quantitative estimate of drug-likeness (QED) is 0.472. The number of nitrogens with zero attached hydrogens (tertiary/aromatic N) is 2. The molecule has 0 spiro atoms. The van der Waals surface area contributed by atoms with Crippen LogP contribution in [-0.4, -0.2) is 43.7 Å². The SMILES string of the molecule is COC(=O)c1ccc2c(c1)CC[C@@H]1CN(Cc3ccccc3-c3ccc(Cl)c(F)c3)CCN21. The standard InChI is InChI=1S/C27H26ClFN2O2/c1-33-27(32)20-8-11-26-19(14-20)6-9-22-17-30(12-13-31(22)26)16-21-4-2-3-5-23(21)18-7-10-24(28)25(29)15-18/h2-5,7-8,10-11,14-15,22H,6,9,12-13,16-17H2,1H3/t22-/m1/s1. The number of ether oxygens (including phenoxy) is 1. The van der Waals surface area contributed by atoms with Crippen molar-refractivity contribution >= 4 is 23.3 Å². The molecule has 0 unspecified atom stereocenters. The summed E-state index contributed by atoms with van der Waals surface area (Å²) in [6.45, 7) is 3.67. The lowest BCUT2D eigenvalue weighted by Crippen LogP contribution is -2.54. The first-order valence-electron chi connectivity index (χ1n) is 11.3. The molecule has 5 rings (SSSR count). The fourth-order valence-corrected chi connectivity index (χ4v) is 5.22. The third kappa shape index (κ3) is 4.35. The van der Waals surface area contributed by atoms with E-state index in [2.05, 4.69) is 21.9 Å². The predicted molar refractivity (Wildman–Crippen MR) is 129 cm³/mol. The van der Waals surface area contributed by atoms with Gasteiger partial charge < -0.3 is 9.64 Å². The number of esters is 1. The molecule has 1 atom stereocenters. The first kappa shape index (κ1) is 21.9. The Kier molecular flexibility index (Phi) is 6.09. The van der Waals surface area contributed by atoms with E-state index in [1.165, 1.54) is 30.0 Å². The van der Waals surface area contributed by atoms with E-state index >= 15 is 0 Å². The van der Waals surface area contributed by atoms with Crippen LogP contribution in [0, 0.1) is 5.82 Å². The number of benzene rings is 3. The molecule has 2 aliphatic rings. The summed E-state index contributed by atoms with van der Waals surface area (Å²) < 4.78 is 18.9. The van der Waals surface area contributed by atoms with Gasteiger partial charge in [0.25, 0.3) is 0 Å². The second-order valence-corrected chi connectivity index (χ2v) is 9.15. The molecule has 0 bridgehead atoms. The van der Waals surface area contributed by atoms with Crippen LogP contribution < -0.4 is 4.90 Å². The summed E-state index contributed by atoms with van der Waals surface area (Å²) in [7, 11) is 1.42. The molecule has 1 saturated heterocycles. The maximum Gasteiger partial charge on any atom is 0.337 e. The van der Waals surface area contributed by atoms with Gasteiger partial charge in [0.2, 0.25) is 0 Å². The van der Waals surface area contributed by atoms with Crippen molar-refractivity contribution in [1.82, 2.24) is 4.90 Å². The molecule has 0 saturated carbocycles. The van der Waals surface area contributed by atoms with Crippen LogP contribution >= 0.6 is 11.6 Å². The number of methoxy groups -OCH3 is 1. The lowest BCUT2D eigenvalue weighted by Gasteiger charge is -2.46. The Labute approximate surface area is 198 Å². The van der Waals surface area contributed by atoms with E-state index in [1.54, 1.807) is 6.07 Å². The lowest BCUT2D eigenvalue weighted by atomic mass is 9.92. The van der Waals surface area contributed by atoms with Gasteiger partial charge in [-0.1, -0.05) is 41.9 Å². The van der Waals surface area contributed by atoms with Crippen molar-refractivity contribution in [2.24, 2.45) is 0 Å². The van der Waals surface area contributed by atoms with Gasteiger partial charge in [0, 0.05) is 37.9 Å². The Morgan fingerprint density at radius 2 is 1.97 bits per heavy atom. The molecule has 6 heteroatoms. The number of carbonyl (C=O) groups is 1. The summed E-state index contributed by atoms with van der Waals surface area (Å²) in [6, 6.07) is 19.6. The predicted octanol–water partition coefficient (Wildman–Crippen LogP) is 5.57. The third-order valence-corrected chi connectivity index (χ3v) is 7.07. The van der Waals surface area contributed by atoms with Crippen molar-refractivity contribution in [2.45, 2.75) is 25.4 Å². The van der Waals surface area contributed by atoms with E-state index in [0.29, 0.717) is 11.6 Å². The number of fused-ring (bicyclic) bond motifs is 3. The highest BCUT2D eigenvalue weighted by molar-refractivity contribution is 6.30. The molecule has 0 aromatic heterocycles. The van der Waals surface area contributed by atoms with Gasteiger partial charge in [0.1, 0.15) is 5.82 Å². The van der Waals surface area contributed by atoms with E-state index < -0.39 is 5.82 Å². The minimum Gasteiger partial charge on any atom is -0.465 e. The van der Waals surface area contributed by atoms with Crippen molar-refractivity contribution in [1.29, 1.82) is 0 Å². The fraction of sp³-hybridized carbons (Fsp3) is 0.296. The number of hydrogen-bond donors (Lipinski definition) is 0. The smallest absolute Gasteiger partial charge is 0.337 e. The summed E-state index contributed by atoms with van der Waals surface area (Å²) in [5.41, 5.74) is 6.14. The third-order valence-electron chi connectivity index (χ3n) is 6.77. The minimum absolute atomic E-state index is 0.142. The topological polar surface area (TPSA) is 32.8 Å². The molecule has 0 aliphatic carbocycles. The minimum atomic E-state index is -0.395. The molecule has 0 amide bonds. The zero-order chi connectivity index (χ0) is 22.9. The zero-order valence-electron chi connectivity index (χ0n) is 18.6. The molecule has 1 fully saturated rings. The Morgan fingerprint density at radius 1 is 1.12 bits per heavy atom. The Morgan fingerprint density at radius 3 is 2.79 bits per heavy atom. The van der Waals surface area contributed by atoms with Crippen molar-refractivity contribution in [2.75, 3.05) is 31.6 Å². The first-order valence-corrected chi connectivity index (χ1v) is 11.6. The van der Waals surface area contributed by atoms with Crippen LogP contribution in [0.3, 0.4) is 0 Å². The van der Waals surface area contributed by atoms with Gasteiger partial charge in [-0.15, -0.1) is 0 Å². The molecule has 3 aromatic carbocycles. The number of carbonyl (C=O) groups excluding carboxylic acids is 1. The first-order chi connectivity index (χ1) is 16.0. The molecule has 0 N–H and O–H groups in total. The average molecular weight is 465 g/mol. The van der Waals surface area contributed by atoms with Crippen LogP contribution in [-0.2, 0) is 17.7 Å². The Balaban J connectivity index is 1.32. The number of rotatable bonds is 4. The average Bonchev–Trinajstić information content (AvgIpc) is 2.85. The molecule has 4 nitrogen and oxygen atoms in total. The van der Waals surface area contributed by atoms with Crippen LogP contribution in [0.2, 0.25) is 5.02 Å². The van der Waals surface area contributed by atoms with Crippen molar-refractivity contribution in [3.05, 3.63) is 88.2 Å². The van der Waals surface area contributed by atoms with E-state index in [-0.39, 0.29) is 11.0 Å². The Bertz CT molecular complexity index is 1200. The van der Waals surface area contributed by atoms with Crippen LogP contribution in [0.15, 0.2) is 60.7 Å². The second-order valence-electron chi connectivity index (χ2n) is 8.74. The van der Waals surface area contributed by atoms with Gasteiger partial charge in [0.05, 0.1) is 17.7 Å². The Hall–Kier alpha value is -2.89. The number of halogens is 2. The molecule has 170 valence electrons. The number of hydrogen-bond acceptors (Lipinski definition) is 4. The maximum absolute atomic E-state index is 14.1. The largest absolute Gasteiger partial charge is 0.465 e. The van der Waals surface area contributed by atoms with Gasteiger partial charge >= 0.3 is 5.97 Å². The van der Waals surface area contributed by atoms with Gasteiger partial charge in [0.15, 0.2) is 0 Å². The van der Waals surface area contributed by atoms with E-state index in [9.17, 15) is 9.18 Å². The normalized spacial score (nSPS) is 17.9. The van der Waals surface area contributed by atoms with Crippen LogP contribution in [0.25, 0.3) is 11.1 Å². The molecule has 0 radical (unpaired) electrons. The summed E-state index contributed by atoms with van der Waals surface area (Å²) >= 11 is 5.89. The van der Waals surface area contributed by atoms with Crippen LogP contribution in [0.5, 0.6) is 0 Å². The van der Waals surface area contributed by atoms with Crippen molar-refractivity contribution in [3.63, 3.8) is 0 Å².